The molecule has 3 aromatic rings. The van der Waals surface area contributed by atoms with Crippen molar-refractivity contribution in [3.8, 4) is 17.1 Å². The molecule has 0 saturated carbocycles. The van der Waals surface area contributed by atoms with Crippen LogP contribution in [0.3, 0.4) is 0 Å². The normalized spacial score (nSPS) is 20.1. The number of hydrogen-bond acceptors (Lipinski definition) is 7. The highest BCUT2D eigenvalue weighted by atomic mass is 32.2. The molecule has 3 aromatic heterocycles. The number of carbonyl (C=O) groups is 1. The first-order chi connectivity index (χ1) is 15.2. The molecule has 4 heterocycles. The van der Waals surface area contributed by atoms with Gasteiger partial charge in [0.15, 0.2) is 6.29 Å². The molecule has 0 atom stereocenters. The van der Waals surface area contributed by atoms with E-state index < -0.39 is 17.4 Å². The van der Waals surface area contributed by atoms with E-state index in [2.05, 4.69) is 32.0 Å². The molecule has 1 aliphatic heterocycles. The fourth-order valence-corrected chi connectivity index (χ4v) is 4.84. The second-order valence-electron chi connectivity index (χ2n) is 7.94. The first-order valence-electron chi connectivity index (χ1n) is 9.94. The Morgan fingerprint density at radius 3 is 2.53 bits per heavy atom. The summed E-state index contributed by atoms with van der Waals surface area (Å²) in [5, 5.41) is 7.64. The van der Waals surface area contributed by atoms with Gasteiger partial charge in [-0.1, -0.05) is 0 Å². The van der Waals surface area contributed by atoms with Crippen LogP contribution in [0.2, 0.25) is 0 Å². The number of alkyl halides is 2. The Labute approximate surface area is 186 Å². The summed E-state index contributed by atoms with van der Waals surface area (Å²) >= 11 is 0. The summed E-state index contributed by atoms with van der Waals surface area (Å²) < 4.78 is 41.4. The van der Waals surface area contributed by atoms with Gasteiger partial charge in [-0.2, -0.15) is 13.9 Å². The lowest BCUT2D eigenvalue weighted by Gasteiger charge is -2.36. The third kappa shape index (κ3) is 5.33. The molecule has 0 amide bonds. The quantitative estimate of drug-likeness (QED) is 0.558. The van der Waals surface area contributed by atoms with Crippen LogP contribution in [0.1, 0.15) is 37.2 Å². The molecule has 1 aliphatic rings. The Bertz CT molecular complexity index is 1130. The lowest BCUT2D eigenvalue weighted by Crippen LogP contribution is -2.58. The molecule has 8 nitrogen and oxygen atoms in total. The van der Waals surface area contributed by atoms with Gasteiger partial charge >= 0.3 is 6.61 Å². The maximum atomic E-state index is 12.4. The van der Waals surface area contributed by atoms with E-state index in [0.717, 1.165) is 11.5 Å². The van der Waals surface area contributed by atoms with E-state index in [4.69, 9.17) is 0 Å². The summed E-state index contributed by atoms with van der Waals surface area (Å²) in [7, 11) is 1.39. The molecular weight excluding hydrogens is 440 g/mol. The van der Waals surface area contributed by atoms with Crippen molar-refractivity contribution in [3.05, 3.63) is 36.2 Å². The zero-order valence-electron chi connectivity index (χ0n) is 18.2. The van der Waals surface area contributed by atoms with Crippen molar-refractivity contribution in [1.82, 2.24) is 25.1 Å². The van der Waals surface area contributed by atoms with Gasteiger partial charge in [-0.15, -0.1) is 0 Å². The molecule has 11 heteroatoms. The molecular formula is C21H25F2N5O3S. The van der Waals surface area contributed by atoms with E-state index in [1.807, 2.05) is 20.9 Å². The second-order valence-corrected chi connectivity index (χ2v) is 9.40. The molecule has 0 unspecified atom stereocenters. The van der Waals surface area contributed by atoms with Crippen LogP contribution in [-0.2, 0) is 10.8 Å². The van der Waals surface area contributed by atoms with E-state index in [1.54, 1.807) is 16.8 Å². The molecule has 172 valence electrons. The molecule has 0 radical (unpaired) electrons. The van der Waals surface area contributed by atoms with Crippen molar-refractivity contribution in [3.63, 3.8) is 0 Å². The number of fused-ring (bicyclic) bond motifs is 1. The highest BCUT2D eigenvalue weighted by Gasteiger charge is 2.36. The fraction of sp³-hybridized carbons (Fsp3) is 0.429. The summed E-state index contributed by atoms with van der Waals surface area (Å²) in [5.41, 5.74) is 2.95. The van der Waals surface area contributed by atoms with Crippen LogP contribution in [0, 0.1) is 0 Å². The summed E-state index contributed by atoms with van der Waals surface area (Å²) in [5.74, 6) is 1.45. The predicted octanol–water partition coefficient (Wildman–Crippen LogP) is 3.21. The minimum absolute atomic E-state index is 0.0311. The molecule has 1 fully saturated rings. The Morgan fingerprint density at radius 2 is 2.00 bits per heavy atom. The third-order valence-electron chi connectivity index (χ3n) is 4.97. The second kappa shape index (κ2) is 9.78. The number of nitrogens with zero attached hydrogens (tertiary/aromatic N) is 4. The number of carbonyl (C=O) groups excluding carboxylic acids is 1. The number of nitrogens with one attached hydrogen (secondary N) is 1. The van der Waals surface area contributed by atoms with Crippen LogP contribution in [0.4, 0.5) is 8.78 Å². The predicted molar refractivity (Wildman–Crippen MR) is 119 cm³/mol. The highest BCUT2D eigenvalue weighted by molar-refractivity contribution is 7.86. The molecule has 32 heavy (non-hydrogen) atoms. The minimum atomic E-state index is -2.95. The van der Waals surface area contributed by atoms with Crippen molar-refractivity contribution in [1.29, 1.82) is 0 Å². The van der Waals surface area contributed by atoms with Gasteiger partial charge in [0, 0.05) is 63.5 Å². The topological polar surface area (TPSA) is 99.0 Å². The summed E-state index contributed by atoms with van der Waals surface area (Å²) in [6.07, 6.45) is 3.53. The van der Waals surface area contributed by atoms with E-state index in [-0.39, 0.29) is 17.5 Å². The molecule has 0 bridgehead atoms. The first-order valence-corrected chi connectivity index (χ1v) is 11.4. The van der Waals surface area contributed by atoms with Crippen molar-refractivity contribution < 1.29 is 22.5 Å². The molecule has 1 saturated heterocycles. The lowest BCUT2D eigenvalue weighted by atomic mass is 10.1. The van der Waals surface area contributed by atoms with E-state index in [0.29, 0.717) is 34.1 Å². The number of aromatic nitrogens is 4. The average molecular weight is 466 g/mol. The molecule has 0 spiro atoms. The van der Waals surface area contributed by atoms with E-state index in [1.165, 1.54) is 18.5 Å². The Kier molecular flexibility index (Phi) is 7.29. The Balaban J connectivity index is 0.000000305. The zero-order chi connectivity index (χ0) is 23.5. The van der Waals surface area contributed by atoms with Gasteiger partial charge in [-0.3, -0.25) is 18.7 Å². The molecule has 0 aromatic carbocycles. The van der Waals surface area contributed by atoms with Crippen LogP contribution in [-0.4, -0.2) is 60.9 Å². The van der Waals surface area contributed by atoms with Crippen LogP contribution in [0.15, 0.2) is 30.6 Å². The Morgan fingerprint density at radius 1 is 1.28 bits per heavy atom. The standard InChI is InChI=1S/C16H14F2N4O2.C5H11NOS/c1-9(2)22-12-5-10(8-23)7-20-15(12)14(21-22)11-3-4-19-13(6-11)24-16(17)18;1-5(6-2)3-8(7)4-5/h3-9,16H,1-2H3;6H,3-4H2,1-2H3. The van der Waals surface area contributed by atoms with Crippen LogP contribution < -0.4 is 10.1 Å². The largest absolute Gasteiger partial charge is 0.417 e. The summed E-state index contributed by atoms with van der Waals surface area (Å²) in [6.45, 7) is 3.03. The van der Waals surface area contributed by atoms with Crippen molar-refractivity contribution in [2.45, 2.75) is 39.0 Å². The molecule has 1 N–H and O–H groups in total. The van der Waals surface area contributed by atoms with Crippen molar-refractivity contribution in [2.75, 3.05) is 18.6 Å². The number of rotatable bonds is 6. The maximum Gasteiger partial charge on any atom is 0.388 e. The smallest absolute Gasteiger partial charge is 0.388 e. The highest BCUT2D eigenvalue weighted by Crippen LogP contribution is 2.30. The lowest BCUT2D eigenvalue weighted by molar-refractivity contribution is -0.0528. The van der Waals surface area contributed by atoms with Gasteiger partial charge in [0.25, 0.3) is 0 Å². The van der Waals surface area contributed by atoms with Gasteiger partial charge in [0.1, 0.15) is 11.2 Å². The summed E-state index contributed by atoms with van der Waals surface area (Å²) in [4.78, 5) is 19.0. The minimum Gasteiger partial charge on any atom is -0.417 e. The number of ether oxygens (including phenoxy) is 1. The molecule has 0 aliphatic carbocycles. The van der Waals surface area contributed by atoms with Gasteiger partial charge in [0.05, 0.1) is 5.52 Å². The van der Waals surface area contributed by atoms with Crippen molar-refractivity contribution in [2.24, 2.45) is 0 Å². The van der Waals surface area contributed by atoms with Gasteiger partial charge in [-0.05, 0) is 40.0 Å². The van der Waals surface area contributed by atoms with Crippen LogP contribution in [0.5, 0.6) is 5.88 Å². The first kappa shape index (κ1) is 23.9. The number of pyridine rings is 2. The maximum absolute atomic E-state index is 12.4. The number of hydrogen-bond donors (Lipinski definition) is 1. The number of aldehydes is 1. The van der Waals surface area contributed by atoms with Gasteiger partial charge in [0.2, 0.25) is 5.88 Å². The summed E-state index contributed by atoms with van der Waals surface area (Å²) in [6, 6.07) is 4.75. The van der Waals surface area contributed by atoms with Gasteiger partial charge in [-0.25, -0.2) is 4.98 Å². The average Bonchev–Trinajstić information content (AvgIpc) is 3.12. The van der Waals surface area contributed by atoms with Crippen molar-refractivity contribution >= 4 is 28.1 Å². The van der Waals surface area contributed by atoms with Crippen LogP contribution >= 0.6 is 0 Å². The SMILES string of the molecule is CC(C)n1nc(-c2ccnc(OC(F)F)c2)c2ncc(C=O)cc21.CNC1(C)CS(=O)C1. The molecule has 4 rings (SSSR count). The fourth-order valence-electron chi connectivity index (χ4n) is 3.21. The zero-order valence-corrected chi connectivity index (χ0v) is 19.0. The van der Waals surface area contributed by atoms with E-state index >= 15 is 0 Å². The Hall–Kier alpha value is -2.79. The number of halogens is 2. The van der Waals surface area contributed by atoms with E-state index in [9.17, 15) is 17.8 Å². The van der Waals surface area contributed by atoms with Crippen LogP contribution in [0.25, 0.3) is 22.3 Å². The monoisotopic (exact) mass is 465 g/mol. The van der Waals surface area contributed by atoms with Gasteiger partial charge < -0.3 is 10.1 Å². The third-order valence-corrected chi connectivity index (χ3v) is 6.89.